The van der Waals surface area contributed by atoms with E-state index >= 15 is 0 Å². The molecule has 0 aliphatic carbocycles. The van der Waals surface area contributed by atoms with Gasteiger partial charge in [0.1, 0.15) is 0 Å². The van der Waals surface area contributed by atoms with Crippen LogP contribution in [0, 0.1) is 6.92 Å². The predicted molar refractivity (Wildman–Crippen MR) is 93.9 cm³/mol. The maximum Gasteiger partial charge on any atom is 0.300 e. The first-order chi connectivity index (χ1) is 11.0. The summed E-state index contributed by atoms with van der Waals surface area (Å²) in [6.45, 7) is 7.70. The van der Waals surface area contributed by atoms with Gasteiger partial charge in [0.05, 0.1) is 5.69 Å². The average molecular weight is 347 g/mol. The Balaban J connectivity index is 2.12. The SMILES string of the molecule is C=C(C)CSc1nnc2c(=O)n(-c3cccc(Cl)c3C)ccn12. The van der Waals surface area contributed by atoms with Crippen molar-refractivity contribution in [1.82, 2.24) is 19.2 Å². The van der Waals surface area contributed by atoms with Crippen LogP contribution < -0.4 is 5.56 Å². The second-order valence-electron chi connectivity index (χ2n) is 5.28. The summed E-state index contributed by atoms with van der Waals surface area (Å²) in [5.41, 5.74) is 2.68. The maximum absolute atomic E-state index is 12.7. The normalized spacial score (nSPS) is 11.1. The summed E-state index contributed by atoms with van der Waals surface area (Å²) in [7, 11) is 0. The van der Waals surface area contributed by atoms with Gasteiger partial charge in [0.15, 0.2) is 5.16 Å². The van der Waals surface area contributed by atoms with Gasteiger partial charge in [-0.25, -0.2) is 0 Å². The van der Waals surface area contributed by atoms with Crippen molar-refractivity contribution in [2.45, 2.75) is 19.0 Å². The highest BCUT2D eigenvalue weighted by Gasteiger charge is 2.13. The average Bonchev–Trinajstić information content (AvgIpc) is 2.93. The molecule has 118 valence electrons. The molecule has 3 aromatic rings. The van der Waals surface area contributed by atoms with Gasteiger partial charge in [-0.3, -0.25) is 13.8 Å². The molecule has 0 aliphatic rings. The number of benzene rings is 1. The zero-order valence-electron chi connectivity index (χ0n) is 12.8. The Morgan fingerprint density at radius 1 is 1.35 bits per heavy atom. The number of aromatic nitrogens is 4. The first-order valence-electron chi connectivity index (χ1n) is 6.98. The second-order valence-corrected chi connectivity index (χ2v) is 6.63. The lowest BCUT2D eigenvalue weighted by Crippen LogP contribution is -2.21. The minimum Gasteiger partial charge on any atom is -0.279 e. The first kappa shape index (κ1) is 15.8. The van der Waals surface area contributed by atoms with Crippen molar-refractivity contribution in [3.63, 3.8) is 0 Å². The zero-order chi connectivity index (χ0) is 16.6. The summed E-state index contributed by atoms with van der Waals surface area (Å²) < 4.78 is 3.24. The standard InChI is InChI=1S/C16H15ClN4OS/c1-10(2)9-23-16-19-18-14-15(22)20(7-8-21(14)16)13-6-4-5-12(17)11(13)3/h4-8H,1,9H2,2-3H3. The third-order valence-electron chi connectivity index (χ3n) is 3.39. The quantitative estimate of drug-likeness (QED) is 0.536. The van der Waals surface area contributed by atoms with Gasteiger partial charge in [0.2, 0.25) is 5.65 Å². The minimum atomic E-state index is -0.229. The molecule has 7 heteroatoms. The van der Waals surface area contributed by atoms with Crippen LogP contribution in [0.25, 0.3) is 11.3 Å². The van der Waals surface area contributed by atoms with Crippen LogP contribution >= 0.6 is 23.4 Å². The fourth-order valence-electron chi connectivity index (χ4n) is 2.20. The fourth-order valence-corrected chi connectivity index (χ4v) is 3.13. The van der Waals surface area contributed by atoms with Gasteiger partial charge in [-0.2, -0.15) is 0 Å². The number of halogens is 1. The number of nitrogens with zero attached hydrogens (tertiary/aromatic N) is 4. The zero-order valence-corrected chi connectivity index (χ0v) is 14.4. The van der Waals surface area contributed by atoms with E-state index in [4.69, 9.17) is 11.6 Å². The molecule has 0 amide bonds. The molecule has 23 heavy (non-hydrogen) atoms. The summed E-state index contributed by atoms with van der Waals surface area (Å²) in [5, 5.41) is 9.42. The van der Waals surface area contributed by atoms with Crippen LogP contribution in [0.1, 0.15) is 12.5 Å². The molecule has 2 heterocycles. The Kier molecular flexibility index (Phi) is 4.28. The van der Waals surface area contributed by atoms with Crippen LogP contribution in [-0.2, 0) is 0 Å². The van der Waals surface area contributed by atoms with Gasteiger partial charge in [-0.05, 0) is 31.5 Å². The summed E-state index contributed by atoms with van der Waals surface area (Å²) in [4.78, 5) is 12.7. The molecule has 2 aromatic heterocycles. The first-order valence-corrected chi connectivity index (χ1v) is 8.34. The van der Waals surface area contributed by atoms with Gasteiger partial charge < -0.3 is 0 Å². The molecule has 0 radical (unpaired) electrons. The molecule has 5 nitrogen and oxygen atoms in total. The van der Waals surface area contributed by atoms with Crippen molar-refractivity contribution in [3.8, 4) is 5.69 Å². The second kappa shape index (κ2) is 6.22. The molecular formula is C16H15ClN4OS. The smallest absolute Gasteiger partial charge is 0.279 e. The maximum atomic E-state index is 12.7. The van der Waals surface area contributed by atoms with Gasteiger partial charge >= 0.3 is 5.56 Å². The third kappa shape index (κ3) is 2.92. The van der Waals surface area contributed by atoms with Crippen molar-refractivity contribution in [2.24, 2.45) is 0 Å². The van der Waals surface area contributed by atoms with Crippen LogP contribution in [0.4, 0.5) is 0 Å². The number of fused-ring (bicyclic) bond motifs is 1. The van der Waals surface area contributed by atoms with Crippen LogP contribution in [0.2, 0.25) is 5.02 Å². The van der Waals surface area contributed by atoms with Crippen molar-refractivity contribution >= 4 is 29.0 Å². The Morgan fingerprint density at radius 2 is 2.13 bits per heavy atom. The van der Waals surface area contributed by atoms with E-state index in [-0.39, 0.29) is 11.2 Å². The molecular weight excluding hydrogens is 332 g/mol. The van der Waals surface area contributed by atoms with Crippen molar-refractivity contribution < 1.29 is 0 Å². The lowest BCUT2D eigenvalue weighted by molar-refractivity contribution is 0.891. The molecule has 3 rings (SSSR count). The van der Waals surface area contributed by atoms with Crippen molar-refractivity contribution in [1.29, 1.82) is 0 Å². The van der Waals surface area contributed by atoms with E-state index in [0.29, 0.717) is 10.2 Å². The monoisotopic (exact) mass is 346 g/mol. The Hall–Kier alpha value is -2.05. The van der Waals surface area contributed by atoms with Crippen LogP contribution in [0.5, 0.6) is 0 Å². The number of hydrogen-bond acceptors (Lipinski definition) is 4. The van der Waals surface area contributed by atoms with E-state index in [2.05, 4.69) is 16.8 Å². The van der Waals surface area contributed by atoms with Gasteiger partial charge in [0.25, 0.3) is 0 Å². The molecule has 0 fully saturated rings. The lowest BCUT2D eigenvalue weighted by atomic mass is 10.2. The van der Waals surface area contributed by atoms with Crippen LogP contribution in [0.3, 0.4) is 0 Å². The van der Waals surface area contributed by atoms with Gasteiger partial charge in [-0.1, -0.05) is 41.6 Å². The molecule has 0 bridgehead atoms. The molecule has 0 atom stereocenters. The van der Waals surface area contributed by atoms with Crippen LogP contribution in [-0.4, -0.2) is 24.9 Å². The highest BCUT2D eigenvalue weighted by Crippen LogP contribution is 2.22. The number of hydrogen-bond donors (Lipinski definition) is 0. The Labute approximate surface area is 142 Å². The van der Waals surface area contributed by atoms with E-state index < -0.39 is 0 Å². The van der Waals surface area contributed by atoms with E-state index in [1.807, 2.05) is 26.0 Å². The number of rotatable bonds is 4. The summed E-state index contributed by atoms with van der Waals surface area (Å²) in [6, 6.07) is 5.47. The van der Waals surface area contributed by atoms with E-state index in [1.165, 1.54) is 11.8 Å². The van der Waals surface area contributed by atoms with Crippen molar-refractivity contribution in [2.75, 3.05) is 5.75 Å². The molecule has 0 aliphatic heterocycles. The summed E-state index contributed by atoms with van der Waals surface area (Å²) in [5.74, 6) is 0.733. The summed E-state index contributed by atoms with van der Waals surface area (Å²) in [6.07, 6.45) is 3.50. The van der Waals surface area contributed by atoms with E-state index in [9.17, 15) is 4.79 Å². The molecule has 0 saturated carbocycles. The highest BCUT2D eigenvalue weighted by atomic mass is 35.5. The predicted octanol–water partition coefficient (Wildman–Crippen LogP) is 3.51. The minimum absolute atomic E-state index is 0.229. The largest absolute Gasteiger partial charge is 0.300 e. The van der Waals surface area contributed by atoms with Crippen LogP contribution in [0.15, 0.2) is 52.7 Å². The van der Waals surface area contributed by atoms with E-state index in [0.717, 1.165) is 22.6 Å². The molecule has 0 saturated heterocycles. The van der Waals surface area contributed by atoms with Crippen molar-refractivity contribution in [3.05, 3.63) is 63.7 Å². The third-order valence-corrected chi connectivity index (χ3v) is 4.97. The summed E-state index contributed by atoms with van der Waals surface area (Å²) >= 11 is 7.65. The molecule has 1 aromatic carbocycles. The van der Waals surface area contributed by atoms with E-state index in [1.54, 1.807) is 27.4 Å². The lowest BCUT2D eigenvalue weighted by Gasteiger charge is -2.10. The topological polar surface area (TPSA) is 52.2 Å². The fraction of sp³-hybridized carbons (Fsp3) is 0.188. The molecule has 0 spiro atoms. The Bertz CT molecular complexity index is 960. The number of thioether (sulfide) groups is 1. The molecule has 0 N–H and O–H groups in total. The Morgan fingerprint density at radius 3 is 2.87 bits per heavy atom. The molecule has 0 unspecified atom stereocenters. The van der Waals surface area contributed by atoms with Gasteiger partial charge in [0, 0.05) is 23.2 Å². The van der Waals surface area contributed by atoms with Gasteiger partial charge in [-0.15, -0.1) is 10.2 Å². The highest BCUT2D eigenvalue weighted by molar-refractivity contribution is 7.99.